The summed E-state index contributed by atoms with van der Waals surface area (Å²) in [5, 5.41) is 19.4. The fourth-order valence-electron chi connectivity index (χ4n) is 2.64. The lowest BCUT2D eigenvalue weighted by molar-refractivity contribution is 0.0697. The van der Waals surface area contributed by atoms with Crippen LogP contribution in [0.15, 0.2) is 39.5 Å². The number of carboxylic acid groups (broad SMARTS) is 1. The van der Waals surface area contributed by atoms with E-state index in [9.17, 15) is 14.7 Å². The molecular formula is C19H18O6. The molecule has 0 saturated carbocycles. The Labute approximate surface area is 143 Å². The van der Waals surface area contributed by atoms with E-state index < -0.39 is 12.1 Å². The van der Waals surface area contributed by atoms with Crippen LogP contribution in [0.5, 0.6) is 5.75 Å². The van der Waals surface area contributed by atoms with Gasteiger partial charge in [-0.25, -0.2) is 4.79 Å². The van der Waals surface area contributed by atoms with Crippen LogP contribution in [0.2, 0.25) is 0 Å². The van der Waals surface area contributed by atoms with E-state index in [1.807, 2.05) is 6.92 Å². The molecule has 1 atom stereocenters. The van der Waals surface area contributed by atoms with Crippen LogP contribution in [0.3, 0.4) is 0 Å². The van der Waals surface area contributed by atoms with E-state index in [0.29, 0.717) is 23.5 Å². The number of aromatic carboxylic acids is 1. The minimum Gasteiger partial charge on any atom is -0.490 e. The van der Waals surface area contributed by atoms with Crippen LogP contribution in [0.1, 0.15) is 42.3 Å². The van der Waals surface area contributed by atoms with Gasteiger partial charge in [0.1, 0.15) is 5.58 Å². The Morgan fingerprint density at radius 2 is 2.00 bits per heavy atom. The third-order valence-corrected chi connectivity index (χ3v) is 3.95. The topological polar surface area (TPSA) is 97.0 Å². The Morgan fingerprint density at radius 3 is 2.64 bits per heavy atom. The number of rotatable bonds is 5. The largest absolute Gasteiger partial charge is 0.490 e. The molecule has 0 aliphatic rings. The molecule has 6 heteroatoms. The molecule has 2 aromatic carbocycles. The summed E-state index contributed by atoms with van der Waals surface area (Å²) in [6, 6.07) is 7.35. The summed E-state index contributed by atoms with van der Waals surface area (Å²) >= 11 is 0. The van der Waals surface area contributed by atoms with Crippen LogP contribution < -0.4 is 10.2 Å². The van der Waals surface area contributed by atoms with Gasteiger partial charge in [0.25, 0.3) is 0 Å². The summed E-state index contributed by atoms with van der Waals surface area (Å²) in [6.07, 6.45) is -0.00553. The van der Waals surface area contributed by atoms with E-state index in [4.69, 9.17) is 14.3 Å². The van der Waals surface area contributed by atoms with Crippen LogP contribution >= 0.6 is 0 Å². The normalized spacial score (nSPS) is 12.4. The van der Waals surface area contributed by atoms with Crippen molar-refractivity contribution in [2.75, 3.05) is 6.61 Å². The maximum Gasteiger partial charge on any atom is 0.335 e. The molecule has 0 spiro atoms. The number of fused-ring (bicyclic) bond motifs is 2. The lowest BCUT2D eigenvalue weighted by atomic mass is 10.0. The highest BCUT2D eigenvalue weighted by Gasteiger charge is 2.17. The monoisotopic (exact) mass is 342 g/mol. The first-order valence-corrected chi connectivity index (χ1v) is 8.01. The molecule has 0 saturated heterocycles. The standard InChI is InChI=1S/C19H18O6/c1-3-6-24-16-9-12(10(2)20)8-14-17(21)13-7-11(19(22)23)4-5-15(13)25-18(14)16/h4-5,7-10,20H,3,6H2,1-2H3,(H,22,23). The van der Waals surface area contributed by atoms with Gasteiger partial charge in [0.2, 0.25) is 5.43 Å². The molecule has 0 amide bonds. The number of benzene rings is 2. The fraction of sp³-hybridized carbons (Fsp3) is 0.263. The van der Waals surface area contributed by atoms with Crippen molar-refractivity contribution in [3.8, 4) is 5.75 Å². The first kappa shape index (κ1) is 17.0. The van der Waals surface area contributed by atoms with Gasteiger partial charge < -0.3 is 19.4 Å². The van der Waals surface area contributed by atoms with E-state index in [1.54, 1.807) is 19.1 Å². The van der Waals surface area contributed by atoms with Gasteiger partial charge >= 0.3 is 5.97 Å². The molecule has 3 rings (SSSR count). The lowest BCUT2D eigenvalue weighted by Crippen LogP contribution is -2.07. The number of aliphatic hydroxyl groups is 1. The Balaban J connectivity index is 2.37. The number of ether oxygens (including phenoxy) is 1. The molecule has 0 aliphatic heterocycles. The zero-order chi connectivity index (χ0) is 18.1. The van der Waals surface area contributed by atoms with Crippen LogP contribution in [0.4, 0.5) is 0 Å². The SMILES string of the molecule is CCCOc1cc(C(C)O)cc2c(=O)c3cc(C(=O)O)ccc3oc12. The lowest BCUT2D eigenvalue weighted by Gasteiger charge is -2.12. The summed E-state index contributed by atoms with van der Waals surface area (Å²) in [7, 11) is 0. The van der Waals surface area contributed by atoms with Crippen molar-refractivity contribution in [2.45, 2.75) is 26.4 Å². The van der Waals surface area contributed by atoms with Crippen molar-refractivity contribution in [3.05, 3.63) is 51.7 Å². The van der Waals surface area contributed by atoms with Gasteiger partial charge in [-0.1, -0.05) is 6.92 Å². The van der Waals surface area contributed by atoms with Crippen molar-refractivity contribution >= 4 is 27.9 Å². The Bertz CT molecular complexity index is 1020. The average Bonchev–Trinajstić information content (AvgIpc) is 2.59. The van der Waals surface area contributed by atoms with Crippen LogP contribution in [0.25, 0.3) is 21.9 Å². The molecule has 1 heterocycles. The minimum atomic E-state index is -1.12. The predicted molar refractivity (Wildman–Crippen MR) is 93.4 cm³/mol. The zero-order valence-electron chi connectivity index (χ0n) is 13.9. The van der Waals surface area contributed by atoms with Gasteiger partial charge in [-0.15, -0.1) is 0 Å². The smallest absolute Gasteiger partial charge is 0.335 e. The summed E-state index contributed by atoms with van der Waals surface area (Å²) in [4.78, 5) is 24.0. The van der Waals surface area contributed by atoms with E-state index >= 15 is 0 Å². The molecule has 0 fully saturated rings. The van der Waals surface area contributed by atoms with Gasteiger partial charge in [-0.05, 0) is 49.2 Å². The van der Waals surface area contributed by atoms with Crippen molar-refractivity contribution in [1.82, 2.24) is 0 Å². The summed E-state index contributed by atoms with van der Waals surface area (Å²) in [5.41, 5.74) is 0.753. The summed E-state index contributed by atoms with van der Waals surface area (Å²) in [6.45, 7) is 3.99. The van der Waals surface area contributed by atoms with Crippen molar-refractivity contribution in [1.29, 1.82) is 0 Å². The number of carboxylic acids is 1. The summed E-state index contributed by atoms with van der Waals surface area (Å²) < 4.78 is 11.5. The molecule has 25 heavy (non-hydrogen) atoms. The highest BCUT2D eigenvalue weighted by molar-refractivity contribution is 5.97. The maximum absolute atomic E-state index is 12.9. The second-order valence-corrected chi connectivity index (χ2v) is 5.87. The van der Waals surface area contributed by atoms with Crippen LogP contribution in [-0.4, -0.2) is 22.8 Å². The minimum absolute atomic E-state index is 0.00767. The molecule has 130 valence electrons. The van der Waals surface area contributed by atoms with Gasteiger partial charge in [0.05, 0.1) is 29.0 Å². The Hall–Kier alpha value is -2.86. The Kier molecular flexibility index (Phi) is 4.46. The first-order chi connectivity index (χ1) is 11.9. The predicted octanol–water partition coefficient (Wildman–Crippen LogP) is 3.49. The quantitative estimate of drug-likeness (QED) is 0.689. The maximum atomic E-state index is 12.9. The second kappa shape index (κ2) is 6.57. The van der Waals surface area contributed by atoms with Crippen LogP contribution in [0, 0.1) is 0 Å². The second-order valence-electron chi connectivity index (χ2n) is 5.87. The van der Waals surface area contributed by atoms with Gasteiger partial charge in [0, 0.05) is 0 Å². The van der Waals surface area contributed by atoms with Gasteiger partial charge in [-0.2, -0.15) is 0 Å². The third-order valence-electron chi connectivity index (χ3n) is 3.95. The molecule has 1 unspecified atom stereocenters. The highest BCUT2D eigenvalue weighted by Crippen LogP contribution is 2.31. The molecule has 0 aliphatic carbocycles. The van der Waals surface area contributed by atoms with E-state index in [-0.39, 0.29) is 27.3 Å². The van der Waals surface area contributed by atoms with E-state index in [1.165, 1.54) is 18.2 Å². The number of hydrogen-bond acceptors (Lipinski definition) is 5. The van der Waals surface area contributed by atoms with Crippen LogP contribution in [-0.2, 0) is 0 Å². The molecule has 2 N–H and O–H groups in total. The molecule has 3 aromatic rings. The van der Waals surface area contributed by atoms with E-state index in [2.05, 4.69) is 0 Å². The molecule has 1 aromatic heterocycles. The number of aliphatic hydroxyl groups excluding tert-OH is 1. The first-order valence-electron chi connectivity index (χ1n) is 8.01. The number of carbonyl (C=O) groups is 1. The third kappa shape index (κ3) is 3.08. The molecular weight excluding hydrogens is 324 g/mol. The van der Waals surface area contributed by atoms with Crippen molar-refractivity contribution in [2.24, 2.45) is 0 Å². The molecule has 0 radical (unpaired) electrons. The zero-order valence-corrected chi connectivity index (χ0v) is 13.9. The van der Waals surface area contributed by atoms with Gasteiger partial charge in [0.15, 0.2) is 11.3 Å². The van der Waals surface area contributed by atoms with Crippen molar-refractivity contribution < 1.29 is 24.2 Å². The fourth-order valence-corrected chi connectivity index (χ4v) is 2.64. The van der Waals surface area contributed by atoms with E-state index in [0.717, 1.165) is 6.42 Å². The summed E-state index contributed by atoms with van der Waals surface area (Å²) in [5.74, 6) is -0.734. The number of hydrogen-bond donors (Lipinski definition) is 2. The molecule has 0 bridgehead atoms. The average molecular weight is 342 g/mol. The Morgan fingerprint density at radius 1 is 1.24 bits per heavy atom. The molecule has 6 nitrogen and oxygen atoms in total. The highest BCUT2D eigenvalue weighted by atomic mass is 16.5. The van der Waals surface area contributed by atoms with Gasteiger partial charge in [-0.3, -0.25) is 4.79 Å². The van der Waals surface area contributed by atoms with Crippen molar-refractivity contribution in [3.63, 3.8) is 0 Å².